The van der Waals surface area contributed by atoms with Crippen LogP contribution in [-0.2, 0) is 29.1 Å². The monoisotopic (exact) mass is 738 g/mol. The van der Waals surface area contributed by atoms with Gasteiger partial charge >= 0.3 is 260 Å². The first kappa shape index (κ1) is 34.8. The van der Waals surface area contributed by atoms with E-state index < -0.39 is 36.9 Å². The minimum absolute atomic E-state index is 0. The van der Waals surface area contributed by atoms with E-state index in [1.54, 1.807) is 19.4 Å². The van der Waals surface area contributed by atoms with Gasteiger partial charge in [-0.1, -0.05) is 0 Å². The van der Waals surface area contributed by atoms with Crippen molar-refractivity contribution in [1.29, 1.82) is 0 Å². The normalized spacial score (nSPS) is 28.8. The quantitative estimate of drug-likeness (QED) is 0.275. The molecule has 43 heavy (non-hydrogen) atoms. The van der Waals surface area contributed by atoms with Crippen LogP contribution in [-0.4, -0.2) is 16.6 Å². The Balaban J connectivity index is 0.00000184. The number of hydrogen-bond acceptors (Lipinski definition) is 2. The Bertz CT molecular complexity index is 1070. The van der Waals surface area contributed by atoms with Gasteiger partial charge in [-0.2, -0.15) is 0 Å². The molecule has 0 radical (unpaired) electrons. The summed E-state index contributed by atoms with van der Waals surface area (Å²) in [4.78, 5) is 0. The van der Waals surface area contributed by atoms with Crippen molar-refractivity contribution >= 4 is 16.6 Å². The van der Waals surface area contributed by atoms with Crippen molar-refractivity contribution in [3.63, 3.8) is 0 Å². The molecule has 6 aliphatic carbocycles. The van der Waals surface area contributed by atoms with E-state index in [2.05, 4.69) is 38.3 Å². The van der Waals surface area contributed by atoms with Crippen molar-refractivity contribution < 1.29 is 53.9 Å². The molecule has 2 unspecified atom stereocenters. The van der Waals surface area contributed by atoms with Gasteiger partial charge < -0.3 is 24.8 Å². The molecule has 7 aliphatic rings. The average molecular weight is 741 g/mol. The first-order valence-corrected chi connectivity index (χ1v) is 30.3. The Labute approximate surface area is 282 Å². The molecule has 2 nitrogen and oxygen atoms in total. The smallest absolute Gasteiger partial charge is 1.00 e. The van der Waals surface area contributed by atoms with Gasteiger partial charge in [-0.25, -0.2) is 0 Å². The summed E-state index contributed by atoms with van der Waals surface area (Å²) < 4.78 is 19.7. The first-order chi connectivity index (χ1) is 19.8. The van der Waals surface area contributed by atoms with Crippen LogP contribution in [0.5, 0.6) is 0 Å². The zero-order valence-corrected chi connectivity index (χ0v) is 33.6. The van der Waals surface area contributed by atoms with Crippen molar-refractivity contribution in [2.75, 3.05) is 0 Å². The van der Waals surface area contributed by atoms with Gasteiger partial charge in [-0.05, 0) is 0 Å². The van der Waals surface area contributed by atoms with E-state index in [9.17, 15) is 0 Å². The van der Waals surface area contributed by atoms with Gasteiger partial charge in [0.15, 0.2) is 0 Å². The van der Waals surface area contributed by atoms with E-state index in [0.29, 0.717) is 0 Å². The summed E-state index contributed by atoms with van der Waals surface area (Å²) >= 11 is -2.70. The minimum atomic E-state index is -2.70. The topological polar surface area (TPSA) is 18.5 Å². The maximum atomic E-state index is 7.54. The summed E-state index contributed by atoms with van der Waals surface area (Å²) in [5.41, 5.74) is 8.93. The molecule has 0 N–H and O–H groups in total. The number of halogens is 2. The zero-order valence-electron chi connectivity index (χ0n) is 27.7. The molecule has 1 aliphatic heterocycles. The van der Waals surface area contributed by atoms with Crippen LogP contribution < -0.4 is 24.8 Å². The summed E-state index contributed by atoms with van der Waals surface area (Å²) in [5.74, 6) is 3.03. The van der Waals surface area contributed by atoms with E-state index in [-0.39, 0.29) is 24.8 Å². The molecule has 0 bridgehead atoms. The van der Waals surface area contributed by atoms with Crippen molar-refractivity contribution in [3.05, 3.63) is 46.0 Å². The first-order valence-electron chi connectivity index (χ1n) is 18.0. The van der Waals surface area contributed by atoms with Crippen LogP contribution in [0.2, 0.25) is 52.8 Å². The second kappa shape index (κ2) is 13.9. The van der Waals surface area contributed by atoms with Gasteiger partial charge in [-0.15, -0.1) is 0 Å². The van der Waals surface area contributed by atoms with Crippen LogP contribution in [0.3, 0.4) is 0 Å². The van der Waals surface area contributed by atoms with Gasteiger partial charge in [-0.3, -0.25) is 0 Å². The van der Waals surface area contributed by atoms with Crippen LogP contribution in [0, 0.1) is 0 Å². The predicted molar refractivity (Wildman–Crippen MR) is 175 cm³/mol. The molecule has 240 valence electrons. The van der Waals surface area contributed by atoms with E-state index >= 15 is 0 Å². The van der Waals surface area contributed by atoms with E-state index in [0.717, 1.165) is 18.3 Å². The molecule has 0 aromatic heterocycles. The summed E-state index contributed by atoms with van der Waals surface area (Å²) in [6.45, 7) is 10.3. The number of allylic oxidation sites excluding steroid dienone is 6. The molecule has 0 aromatic carbocycles. The minimum Gasteiger partial charge on any atom is -1.00 e. The van der Waals surface area contributed by atoms with Gasteiger partial charge in [0.05, 0.1) is 0 Å². The van der Waals surface area contributed by atoms with Gasteiger partial charge in [0.25, 0.3) is 0 Å². The molecule has 3 fully saturated rings. The summed E-state index contributed by atoms with van der Waals surface area (Å²) in [7, 11) is -3.58. The van der Waals surface area contributed by atoms with Crippen LogP contribution in [0.1, 0.15) is 116 Å². The third-order valence-corrected chi connectivity index (χ3v) is 32.4. The Morgan fingerprint density at radius 2 is 0.907 bits per heavy atom. The summed E-state index contributed by atoms with van der Waals surface area (Å²) in [6.07, 6.45) is 30.5. The fourth-order valence-corrected chi connectivity index (χ4v) is 33.6. The van der Waals surface area contributed by atoms with Gasteiger partial charge in [0, 0.05) is 0 Å². The molecule has 7 heteroatoms. The van der Waals surface area contributed by atoms with Crippen molar-refractivity contribution in [1.82, 2.24) is 0 Å². The fourth-order valence-electron chi connectivity index (χ4n) is 10.4. The SMILES string of the molecule is C[Si](C)(OC1=CC2=C(CCCC2)[CH]1[Zr+2]1([CH]2C(O[Si](C)(C)C3CCCCC3)=CC3=C2CCCC3)[CH2][CH2]1)C1CCCCC1.[Cl-].[Cl-]. The van der Waals surface area contributed by atoms with Gasteiger partial charge in [0.2, 0.25) is 0 Å². The molecule has 1 saturated heterocycles. The molecule has 0 aromatic rings. The third kappa shape index (κ3) is 6.75. The maximum Gasteiger partial charge on any atom is -1.00 e. The van der Waals surface area contributed by atoms with Gasteiger partial charge in [0.1, 0.15) is 0 Å². The molecular weight excluding hydrogens is 683 g/mol. The largest absolute Gasteiger partial charge is 1.00 e. The Hall–Kier alpha value is 0.457. The maximum absolute atomic E-state index is 7.54. The molecule has 2 saturated carbocycles. The standard InChI is InChI=1S/2C17H27OSi.C2H4.2ClH.Zr/c2*1-19(2,17-10-4-3-5-11-17)18-16-12-14-8-6-7-9-15(14)13-16;1-2;;;/h2*12-13,17H,3-11H2,1-2H3;1-2H2;2*1H;/q;;;;;+2/p-2. The molecule has 0 amide bonds. The predicted octanol–water partition coefficient (Wildman–Crippen LogP) is 6.22. The second-order valence-electron chi connectivity index (χ2n) is 16.3. The Morgan fingerprint density at radius 3 is 1.28 bits per heavy atom. The molecule has 0 spiro atoms. The van der Waals surface area contributed by atoms with Crippen LogP contribution in [0.25, 0.3) is 0 Å². The zero-order chi connectivity index (χ0) is 28.2. The Kier molecular flexibility index (Phi) is 11.2. The molecule has 7 rings (SSSR count). The fraction of sp³-hybridized carbons (Fsp3) is 0.778. The van der Waals surface area contributed by atoms with E-state index in [4.69, 9.17) is 8.85 Å². The second-order valence-corrected chi connectivity index (χ2v) is 36.1. The summed E-state index contributed by atoms with van der Waals surface area (Å²) in [6, 6.07) is 0. The van der Waals surface area contributed by atoms with Crippen LogP contribution >= 0.6 is 0 Å². The van der Waals surface area contributed by atoms with Crippen molar-refractivity contribution in [2.45, 2.75) is 168 Å². The molecule has 1 heterocycles. The Morgan fingerprint density at radius 1 is 0.535 bits per heavy atom. The van der Waals surface area contributed by atoms with Crippen molar-refractivity contribution in [3.8, 4) is 0 Å². The number of hydrogen-bond donors (Lipinski definition) is 0. The van der Waals surface area contributed by atoms with Crippen molar-refractivity contribution in [2.24, 2.45) is 0 Å². The average Bonchev–Trinajstić information content (AvgIpc) is 3.54. The molecular formula is C36H58Cl2O2Si2Zr. The number of rotatable bonds is 8. The van der Waals surface area contributed by atoms with E-state index in [1.165, 1.54) is 127 Å². The summed E-state index contributed by atoms with van der Waals surface area (Å²) in [5, 5.41) is 0. The van der Waals surface area contributed by atoms with Crippen LogP contribution in [0.4, 0.5) is 0 Å². The van der Waals surface area contributed by atoms with E-state index in [1.807, 2.05) is 11.1 Å². The third-order valence-electron chi connectivity index (χ3n) is 12.9. The molecule has 2 atom stereocenters. The van der Waals surface area contributed by atoms with Crippen LogP contribution in [0.15, 0.2) is 46.0 Å².